The maximum absolute atomic E-state index is 9.60. The Morgan fingerprint density at radius 1 is 1.46 bits per heavy atom. The Labute approximate surface area is 141 Å². The number of anilines is 1. The van der Waals surface area contributed by atoms with E-state index >= 15 is 0 Å². The van der Waals surface area contributed by atoms with Gasteiger partial charge in [0, 0.05) is 23.2 Å². The van der Waals surface area contributed by atoms with E-state index in [-0.39, 0.29) is 17.8 Å². The zero-order chi connectivity index (χ0) is 17.6. The SMILES string of the molecule is Cc1nn(CCO)cc1-c1c(C)c([C@H]2CC2(C)C)nc(N)c1C#N. The largest absolute Gasteiger partial charge is 0.394 e. The van der Waals surface area contributed by atoms with E-state index in [1.807, 2.05) is 20.0 Å². The Morgan fingerprint density at radius 2 is 2.12 bits per heavy atom. The van der Waals surface area contributed by atoms with Crippen LogP contribution in [0.4, 0.5) is 5.82 Å². The van der Waals surface area contributed by atoms with Crippen LogP contribution in [0.15, 0.2) is 6.20 Å². The first-order valence-electron chi connectivity index (χ1n) is 8.15. The van der Waals surface area contributed by atoms with Crippen LogP contribution in [0.1, 0.15) is 48.7 Å². The Bertz CT molecular complexity index is 844. The minimum absolute atomic E-state index is 0.0185. The molecule has 1 aliphatic carbocycles. The summed E-state index contributed by atoms with van der Waals surface area (Å²) in [6, 6.07) is 2.21. The van der Waals surface area contributed by atoms with Crippen molar-refractivity contribution < 1.29 is 5.11 Å². The molecule has 0 saturated heterocycles. The highest BCUT2D eigenvalue weighted by Crippen LogP contribution is 2.59. The van der Waals surface area contributed by atoms with Crippen molar-refractivity contribution in [2.24, 2.45) is 5.41 Å². The Morgan fingerprint density at radius 3 is 2.67 bits per heavy atom. The lowest BCUT2D eigenvalue weighted by Gasteiger charge is -2.15. The normalized spacial score (nSPS) is 18.4. The molecule has 2 aromatic rings. The van der Waals surface area contributed by atoms with Gasteiger partial charge in [0.15, 0.2) is 0 Å². The van der Waals surface area contributed by atoms with Gasteiger partial charge in [-0.3, -0.25) is 4.68 Å². The van der Waals surface area contributed by atoms with E-state index in [4.69, 9.17) is 10.8 Å². The van der Waals surface area contributed by atoms with Crippen molar-refractivity contribution in [1.82, 2.24) is 14.8 Å². The van der Waals surface area contributed by atoms with Crippen LogP contribution in [0, 0.1) is 30.6 Å². The van der Waals surface area contributed by atoms with Gasteiger partial charge in [-0.25, -0.2) is 4.98 Å². The Balaban J connectivity index is 2.21. The zero-order valence-corrected chi connectivity index (χ0v) is 14.6. The van der Waals surface area contributed by atoms with Gasteiger partial charge in [0.1, 0.15) is 17.5 Å². The number of nitriles is 1. The molecule has 0 spiro atoms. The molecule has 2 heterocycles. The number of nitrogens with two attached hydrogens (primary N) is 1. The maximum atomic E-state index is 9.60. The van der Waals surface area contributed by atoms with Crippen molar-refractivity contribution >= 4 is 5.82 Å². The third-order valence-electron chi connectivity index (χ3n) is 5.01. The van der Waals surface area contributed by atoms with Crippen molar-refractivity contribution in [3.05, 3.63) is 28.7 Å². The smallest absolute Gasteiger partial charge is 0.142 e. The Kier molecular flexibility index (Phi) is 3.84. The van der Waals surface area contributed by atoms with Gasteiger partial charge < -0.3 is 10.8 Å². The summed E-state index contributed by atoms with van der Waals surface area (Å²) in [4.78, 5) is 4.55. The summed E-state index contributed by atoms with van der Waals surface area (Å²) in [5.41, 5.74) is 11.2. The van der Waals surface area contributed by atoms with Crippen LogP contribution in [0.25, 0.3) is 11.1 Å². The van der Waals surface area contributed by atoms with E-state index in [9.17, 15) is 5.26 Å². The van der Waals surface area contributed by atoms with Crippen LogP contribution in [-0.4, -0.2) is 26.5 Å². The number of aliphatic hydroxyl groups is 1. The van der Waals surface area contributed by atoms with Crippen molar-refractivity contribution in [1.29, 1.82) is 5.26 Å². The molecule has 0 aromatic carbocycles. The second kappa shape index (κ2) is 5.60. The molecule has 6 nitrogen and oxygen atoms in total. The van der Waals surface area contributed by atoms with Crippen molar-refractivity contribution in [3.63, 3.8) is 0 Å². The molecule has 0 radical (unpaired) electrons. The second-order valence-corrected chi connectivity index (χ2v) is 7.23. The molecule has 6 heteroatoms. The molecule has 0 unspecified atom stereocenters. The van der Waals surface area contributed by atoms with Crippen LogP contribution >= 0.6 is 0 Å². The highest BCUT2D eigenvalue weighted by Gasteiger charge is 2.48. The van der Waals surface area contributed by atoms with Crippen LogP contribution in [-0.2, 0) is 6.54 Å². The summed E-state index contributed by atoms with van der Waals surface area (Å²) >= 11 is 0. The molecule has 2 aromatic heterocycles. The molecule has 1 aliphatic rings. The quantitative estimate of drug-likeness (QED) is 0.899. The molecule has 126 valence electrons. The predicted octanol–water partition coefficient (Wildman–Crippen LogP) is 2.52. The third-order valence-corrected chi connectivity index (χ3v) is 5.01. The molecule has 0 amide bonds. The molecule has 0 bridgehead atoms. The lowest BCUT2D eigenvalue weighted by Crippen LogP contribution is -2.06. The van der Waals surface area contributed by atoms with Gasteiger partial charge in [-0.2, -0.15) is 10.4 Å². The predicted molar refractivity (Wildman–Crippen MR) is 92.3 cm³/mol. The van der Waals surface area contributed by atoms with Crippen LogP contribution < -0.4 is 5.73 Å². The fraction of sp³-hybridized carbons (Fsp3) is 0.500. The van der Waals surface area contributed by atoms with Gasteiger partial charge in [0.05, 0.1) is 24.5 Å². The number of hydrogen-bond donors (Lipinski definition) is 2. The lowest BCUT2D eigenvalue weighted by atomic mass is 9.92. The number of pyridine rings is 1. The zero-order valence-electron chi connectivity index (χ0n) is 14.6. The first-order valence-corrected chi connectivity index (χ1v) is 8.15. The molecule has 1 saturated carbocycles. The minimum Gasteiger partial charge on any atom is -0.394 e. The topological polar surface area (TPSA) is 101 Å². The van der Waals surface area contributed by atoms with Crippen molar-refractivity contribution in [3.8, 4) is 17.2 Å². The number of rotatable bonds is 4. The van der Waals surface area contributed by atoms with Crippen molar-refractivity contribution in [2.45, 2.75) is 46.6 Å². The van der Waals surface area contributed by atoms with Gasteiger partial charge >= 0.3 is 0 Å². The van der Waals surface area contributed by atoms with Crippen LogP contribution in [0.5, 0.6) is 0 Å². The third kappa shape index (κ3) is 2.55. The van der Waals surface area contributed by atoms with E-state index in [1.165, 1.54) is 0 Å². The molecule has 3 N–H and O–H groups in total. The minimum atomic E-state index is 0.0185. The van der Waals surface area contributed by atoms with Gasteiger partial charge in [-0.15, -0.1) is 0 Å². The van der Waals surface area contributed by atoms with E-state index < -0.39 is 0 Å². The monoisotopic (exact) mass is 325 g/mol. The maximum Gasteiger partial charge on any atom is 0.142 e. The number of nitrogen functional groups attached to an aromatic ring is 1. The molecular weight excluding hydrogens is 302 g/mol. The number of hydrogen-bond acceptors (Lipinski definition) is 5. The highest BCUT2D eigenvalue weighted by atomic mass is 16.3. The fourth-order valence-electron chi connectivity index (χ4n) is 3.42. The average molecular weight is 325 g/mol. The number of aryl methyl sites for hydroxylation is 1. The van der Waals surface area contributed by atoms with Gasteiger partial charge in [0.25, 0.3) is 0 Å². The van der Waals surface area contributed by atoms with E-state index in [0.717, 1.165) is 34.5 Å². The van der Waals surface area contributed by atoms with Crippen molar-refractivity contribution in [2.75, 3.05) is 12.3 Å². The van der Waals surface area contributed by atoms with Gasteiger partial charge in [0.2, 0.25) is 0 Å². The molecule has 1 atom stereocenters. The molecular formula is C18H23N5O. The van der Waals surface area contributed by atoms with Crippen LogP contribution in [0.2, 0.25) is 0 Å². The first-order chi connectivity index (χ1) is 11.3. The number of nitrogens with zero attached hydrogens (tertiary/aromatic N) is 4. The highest BCUT2D eigenvalue weighted by molar-refractivity contribution is 5.80. The van der Waals surface area contributed by atoms with E-state index in [1.54, 1.807) is 4.68 Å². The lowest BCUT2D eigenvalue weighted by molar-refractivity contribution is 0.269. The number of aromatic nitrogens is 3. The second-order valence-electron chi connectivity index (χ2n) is 7.23. The Hall–Kier alpha value is -2.39. The summed E-state index contributed by atoms with van der Waals surface area (Å²) in [5, 5.41) is 23.2. The van der Waals surface area contributed by atoms with E-state index in [0.29, 0.717) is 18.0 Å². The fourth-order valence-corrected chi connectivity index (χ4v) is 3.42. The summed E-state index contributed by atoms with van der Waals surface area (Å²) in [5.74, 6) is 0.657. The summed E-state index contributed by atoms with van der Waals surface area (Å²) in [6.45, 7) is 8.79. The number of aliphatic hydroxyl groups excluding tert-OH is 1. The first kappa shape index (κ1) is 16.5. The van der Waals surface area contributed by atoms with Gasteiger partial charge in [-0.1, -0.05) is 13.8 Å². The molecule has 3 rings (SSSR count). The van der Waals surface area contributed by atoms with Crippen LogP contribution in [0.3, 0.4) is 0 Å². The van der Waals surface area contributed by atoms with E-state index in [2.05, 4.69) is 30.0 Å². The molecule has 1 fully saturated rings. The standard InChI is InChI=1S/C18H23N5O/c1-10-15(13-9-23(5-6-24)22-11(13)2)12(8-19)17(20)21-16(10)14-7-18(14,3)4/h9,14,24H,5-7H2,1-4H3,(H2,20,21)/t14-/m1/s1. The summed E-state index contributed by atoms with van der Waals surface area (Å²) in [7, 11) is 0. The summed E-state index contributed by atoms with van der Waals surface area (Å²) in [6.07, 6.45) is 2.95. The average Bonchev–Trinajstić information content (AvgIpc) is 2.99. The van der Waals surface area contributed by atoms with Gasteiger partial charge in [-0.05, 0) is 31.2 Å². The molecule has 0 aliphatic heterocycles. The summed E-state index contributed by atoms with van der Waals surface area (Å²) < 4.78 is 1.70. The molecule has 24 heavy (non-hydrogen) atoms.